The third-order valence-corrected chi connectivity index (χ3v) is 5.08. The van der Waals surface area contributed by atoms with Gasteiger partial charge in [-0.25, -0.2) is 0 Å². The number of hydrogen-bond donors (Lipinski definition) is 2. The molecule has 0 bridgehead atoms. The summed E-state index contributed by atoms with van der Waals surface area (Å²) in [6.07, 6.45) is 5.05. The molecule has 2 aliphatic rings. The lowest BCUT2D eigenvalue weighted by Crippen LogP contribution is -2.37. The predicted molar refractivity (Wildman–Crippen MR) is 88.6 cm³/mol. The molecule has 0 atom stereocenters. The van der Waals surface area contributed by atoms with Crippen LogP contribution in [-0.2, 0) is 0 Å². The molecule has 1 amide bonds. The molecule has 1 aromatic rings. The summed E-state index contributed by atoms with van der Waals surface area (Å²) in [6, 6.07) is 6.37. The molecule has 1 aromatic carbocycles. The third-order valence-electron chi connectivity index (χ3n) is 4.44. The van der Waals surface area contributed by atoms with Crippen LogP contribution in [0.3, 0.4) is 0 Å². The number of halogens is 1. The zero-order chi connectivity index (χ0) is 14.8. The number of benzene rings is 1. The van der Waals surface area contributed by atoms with Gasteiger partial charge in [-0.15, -0.1) is 0 Å². The molecule has 0 aromatic heterocycles. The zero-order valence-corrected chi connectivity index (χ0v) is 13.7. The highest BCUT2D eigenvalue weighted by molar-refractivity contribution is 9.10. The number of nitrogens with zero attached hydrogens (tertiary/aromatic N) is 1. The number of amides is 1. The van der Waals surface area contributed by atoms with Gasteiger partial charge in [-0.1, -0.05) is 0 Å². The van der Waals surface area contributed by atoms with Gasteiger partial charge in [0, 0.05) is 22.6 Å². The number of hydrogen-bond acceptors (Lipinski definition) is 3. The summed E-state index contributed by atoms with van der Waals surface area (Å²) in [5.74, 6) is 0.383. The van der Waals surface area contributed by atoms with Gasteiger partial charge in [-0.05, 0) is 78.8 Å². The van der Waals surface area contributed by atoms with E-state index in [-0.39, 0.29) is 5.91 Å². The molecule has 1 aliphatic heterocycles. The average molecular weight is 352 g/mol. The van der Waals surface area contributed by atoms with Gasteiger partial charge in [0.05, 0.1) is 5.69 Å². The van der Waals surface area contributed by atoms with Gasteiger partial charge in [0.15, 0.2) is 0 Å². The smallest absolute Gasteiger partial charge is 0.248 e. The van der Waals surface area contributed by atoms with Gasteiger partial charge < -0.3 is 16.0 Å². The number of nitrogens with one attached hydrogen (secondary N) is 1. The Labute approximate surface area is 134 Å². The van der Waals surface area contributed by atoms with E-state index in [1.165, 1.54) is 31.4 Å². The van der Waals surface area contributed by atoms with Crippen LogP contribution in [0.4, 0.5) is 5.69 Å². The number of nitrogens with two attached hydrogens (primary N) is 1. The Bertz CT molecular complexity index is 524. The average Bonchev–Trinajstić information content (AvgIpc) is 3.31. The summed E-state index contributed by atoms with van der Waals surface area (Å²) < 4.78 is 0.972. The number of rotatable bonds is 5. The van der Waals surface area contributed by atoms with Crippen molar-refractivity contribution in [3.05, 3.63) is 28.2 Å². The van der Waals surface area contributed by atoms with E-state index in [0.29, 0.717) is 11.6 Å². The van der Waals surface area contributed by atoms with Crippen molar-refractivity contribution < 1.29 is 4.79 Å². The van der Waals surface area contributed by atoms with Crippen molar-refractivity contribution in [1.82, 2.24) is 5.32 Å². The molecule has 21 heavy (non-hydrogen) atoms. The highest BCUT2D eigenvalue weighted by atomic mass is 79.9. The van der Waals surface area contributed by atoms with Crippen LogP contribution in [-0.4, -0.2) is 31.6 Å². The van der Waals surface area contributed by atoms with Crippen molar-refractivity contribution >= 4 is 27.5 Å². The second kappa shape index (κ2) is 6.36. The van der Waals surface area contributed by atoms with Crippen molar-refractivity contribution in [1.29, 1.82) is 0 Å². The minimum Gasteiger partial charge on any atom is -0.367 e. The van der Waals surface area contributed by atoms with Crippen LogP contribution in [0.15, 0.2) is 22.7 Å². The van der Waals surface area contributed by atoms with Gasteiger partial charge in [0.2, 0.25) is 5.91 Å². The van der Waals surface area contributed by atoms with E-state index >= 15 is 0 Å². The summed E-state index contributed by atoms with van der Waals surface area (Å²) in [5, 5.41) is 3.42. The van der Waals surface area contributed by atoms with Crippen LogP contribution >= 0.6 is 15.9 Å². The van der Waals surface area contributed by atoms with E-state index in [9.17, 15) is 4.79 Å². The maximum absolute atomic E-state index is 11.3. The van der Waals surface area contributed by atoms with Gasteiger partial charge in [0.25, 0.3) is 0 Å². The molecule has 1 aliphatic carbocycles. The lowest BCUT2D eigenvalue weighted by molar-refractivity contribution is 0.100. The largest absolute Gasteiger partial charge is 0.367 e. The Morgan fingerprint density at radius 2 is 2.00 bits per heavy atom. The van der Waals surface area contributed by atoms with Crippen LogP contribution in [0.25, 0.3) is 0 Å². The van der Waals surface area contributed by atoms with E-state index in [4.69, 9.17) is 5.73 Å². The predicted octanol–water partition coefficient (Wildman–Crippen LogP) is 2.52. The van der Waals surface area contributed by atoms with Crippen molar-refractivity contribution in [2.24, 2.45) is 11.7 Å². The number of primary amides is 1. The maximum atomic E-state index is 11.3. The van der Waals surface area contributed by atoms with Crippen molar-refractivity contribution in [3.63, 3.8) is 0 Å². The normalized spacial score (nSPS) is 19.5. The Hall–Kier alpha value is -1.07. The van der Waals surface area contributed by atoms with Gasteiger partial charge in [-0.2, -0.15) is 0 Å². The summed E-state index contributed by atoms with van der Waals surface area (Å²) in [4.78, 5) is 13.8. The van der Waals surface area contributed by atoms with Crippen molar-refractivity contribution in [3.8, 4) is 0 Å². The molecule has 0 spiro atoms. The molecule has 4 nitrogen and oxygen atoms in total. The fourth-order valence-corrected chi connectivity index (χ4v) is 3.67. The third kappa shape index (κ3) is 3.58. The quantitative estimate of drug-likeness (QED) is 0.856. The summed E-state index contributed by atoms with van der Waals surface area (Å²) >= 11 is 3.62. The highest BCUT2D eigenvalue weighted by Crippen LogP contribution is 2.37. The molecule has 1 heterocycles. The van der Waals surface area contributed by atoms with Crippen molar-refractivity contribution in [2.75, 3.05) is 24.5 Å². The number of piperidine rings is 1. The number of carbonyl (C=O) groups is 1. The Morgan fingerprint density at radius 3 is 2.57 bits per heavy atom. The number of anilines is 1. The first-order valence-electron chi connectivity index (χ1n) is 7.72. The van der Waals surface area contributed by atoms with Crippen LogP contribution in [0.5, 0.6) is 0 Å². The molecule has 1 saturated heterocycles. The molecule has 5 heteroatoms. The fraction of sp³-hybridized carbons (Fsp3) is 0.562. The molecule has 3 N–H and O–H groups in total. The zero-order valence-electron chi connectivity index (χ0n) is 12.1. The standard InChI is InChI=1S/C16H22BrN3O/c17-14-9-12(16(18)21)1-4-15(14)20(13-2-3-13)10-11-5-7-19-8-6-11/h1,4,9,11,13,19H,2-3,5-8,10H2,(H2,18,21). The number of carbonyl (C=O) groups excluding carboxylic acids is 1. The summed E-state index contributed by atoms with van der Waals surface area (Å²) in [5.41, 5.74) is 7.10. The van der Waals surface area contributed by atoms with Crippen LogP contribution in [0.1, 0.15) is 36.0 Å². The molecular formula is C16H22BrN3O. The summed E-state index contributed by atoms with van der Waals surface area (Å²) in [6.45, 7) is 3.37. The molecule has 1 saturated carbocycles. The Balaban J connectivity index is 1.78. The molecular weight excluding hydrogens is 330 g/mol. The van der Waals surface area contributed by atoms with Gasteiger partial charge >= 0.3 is 0 Å². The van der Waals surface area contributed by atoms with E-state index in [1.807, 2.05) is 18.2 Å². The molecule has 0 radical (unpaired) electrons. The lowest BCUT2D eigenvalue weighted by Gasteiger charge is -2.32. The second-order valence-corrected chi connectivity index (χ2v) is 6.96. The highest BCUT2D eigenvalue weighted by Gasteiger charge is 2.32. The minimum atomic E-state index is -0.376. The van der Waals surface area contributed by atoms with Crippen LogP contribution in [0, 0.1) is 5.92 Å². The lowest BCUT2D eigenvalue weighted by atomic mass is 9.97. The Kier molecular flexibility index (Phi) is 4.50. The fourth-order valence-electron chi connectivity index (χ4n) is 3.07. The monoisotopic (exact) mass is 351 g/mol. The van der Waals surface area contributed by atoms with E-state index in [2.05, 4.69) is 26.1 Å². The molecule has 2 fully saturated rings. The maximum Gasteiger partial charge on any atom is 0.248 e. The van der Waals surface area contributed by atoms with Crippen molar-refractivity contribution in [2.45, 2.75) is 31.7 Å². The molecule has 0 unspecified atom stereocenters. The SMILES string of the molecule is NC(=O)c1ccc(N(CC2CCNCC2)C2CC2)c(Br)c1. The van der Waals surface area contributed by atoms with E-state index in [1.54, 1.807) is 0 Å². The van der Waals surface area contributed by atoms with Crippen LogP contribution in [0.2, 0.25) is 0 Å². The van der Waals surface area contributed by atoms with Gasteiger partial charge in [-0.3, -0.25) is 4.79 Å². The van der Waals surface area contributed by atoms with Gasteiger partial charge in [0.1, 0.15) is 0 Å². The first kappa shape index (κ1) is 14.9. The first-order chi connectivity index (χ1) is 10.1. The molecule has 114 valence electrons. The minimum absolute atomic E-state index is 0.376. The second-order valence-electron chi connectivity index (χ2n) is 6.11. The summed E-state index contributed by atoms with van der Waals surface area (Å²) in [7, 11) is 0. The topological polar surface area (TPSA) is 58.4 Å². The first-order valence-corrected chi connectivity index (χ1v) is 8.51. The van der Waals surface area contributed by atoms with Crippen LogP contribution < -0.4 is 16.0 Å². The molecule has 3 rings (SSSR count). The Morgan fingerprint density at radius 1 is 1.29 bits per heavy atom. The van der Waals surface area contributed by atoms with E-state index in [0.717, 1.165) is 30.0 Å². The van der Waals surface area contributed by atoms with E-state index < -0.39 is 0 Å².